The summed E-state index contributed by atoms with van der Waals surface area (Å²) in [7, 11) is 1.75. The Balaban J connectivity index is 1.56. The van der Waals surface area contributed by atoms with Crippen molar-refractivity contribution in [2.24, 2.45) is 0 Å². The fraction of sp³-hybridized carbons (Fsp3) is 0.500. The summed E-state index contributed by atoms with van der Waals surface area (Å²) in [5.41, 5.74) is 0.731. The molecule has 3 heterocycles. The van der Waals surface area contributed by atoms with Crippen molar-refractivity contribution in [3.05, 3.63) is 42.2 Å². The van der Waals surface area contributed by atoms with Gasteiger partial charge in [0.2, 0.25) is 0 Å². The van der Waals surface area contributed by atoms with Crippen molar-refractivity contribution in [2.45, 2.75) is 24.8 Å². The number of methoxy groups -OCH3 is 1. The van der Waals surface area contributed by atoms with E-state index in [4.69, 9.17) is 4.74 Å². The molecule has 0 N–H and O–H groups in total. The van der Waals surface area contributed by atoms with Crippen LogP contribution in [0.25, 0.3) is 10.8 Å². The minimum atomic E-state index is 0.0643. The van der Waals surface area contributed by atoms with Gasteiger partial charge >= 0.3 is 0 Å². The average Bonchev–Trinajstić information content (AvgIpc) is 2.66. The number of carbonyl (C=O) groups excluding carboxylic acids is 1. The maximum atomic E-state index is 13.2. The van der Waals surface area contributed by atoms with Crippen molar-refractivity contribution in [3.63, 3.8) is 0 Å². The highest BCUT2D eigenvalue weighted by Crippen LogP contribution is 2.38. The topological polar surface area (TPSA) is 45.7 Å². The Bertz CT molecular complexity index is 773. The van der Waals surface area contributed by atoms with Gasteiger partial charge in [0, 0.05) is 50.4 Å². The lowest BCUT2D eigenvalue weighted by atomic mass is 9.77. The van der Waals surface area contributed by atoms with Crippen LogP contribution in [0.5, 0.6) is 0 Å². The largest absolute Gasteiger partial charge is 0.383 e. The van der Waals surface area contributed by atoms with Gasteiger partial charge in [-0.2, -0.15) is 0 Å². The number of rotatable bonds is 4. The van der Waals surface area contributed by atoms with Gasteiger partial charge in [-0.15, -0.1) is 0 Å². The average molecular weight is 339 g/mol. The number of pyridine rings is 1. The summed E-state index contributed by atoms with van der Waals surface area (Å²) in [6.45, 7) is 4.44. The Labute approximate surface area is 148 Å². The predicted molar refractivity (Wildman–Crippen MR) is 97.7 cm³/mol. The van der Waals surface area contributed by atoms with Crippen LogP contribution in [-0.4, -0.2) is 66.1 Å². The normalized spacial score (nSPS) is 23.8. The molecule has 25 heavy (non-hydrogen) atoms. The van der Waals surface area contributed by atoms with Crippen LogP contribution >= 0.6 is 0 Å². The van der Waals surface area contributed by atoms with Crippen LogP contribution in [0.1, 0.15) is 29.8 Å². The van der Waals surface area contributed by atoms with Crippen molar-refractivity contribution < 1.29 is 9.53 Å². The summed E-state index contributed by atoms with van der Waals surface area (Å²) >= 11 is 0. The number of hydrogen-bond donors (Lipinski definition) is 0. The standard InChI is InChI=1S/C20H25N3O2/c1-25-14-13-23-12-9-20(23)8-4-11-22(15-20)19(24)18-17-6-3-2-5-16(17)7-10-21-18/h2-3,5-7,10H,4,8-9,11-15H2,1H3/t20-/m1/s1. The van der Waals surface area contributed by atoms with Gasteiger partial charge in [-0.05, 0) is 30.7 Å². The highest BCUT2D eigenvalue weighted by atomic mass is 16.5. The Hall–Kier alpha value is -1.98. The van der Waals surface area contributed by atoms with Gasteiger partial charge in [0.1, 0.15) is 5.69 Å². The Morgan fingerprint density at radius 2 is 2.12 bits per heavy atom. The summed E-state index contributed by atoms with van der Waals surface area (Å²) in [6, 6.07) is 9.95. The lowest BCUT2D eigenvalue weighted by Gasteiger charge is -2.57. The molecule has 2 aromatic rings. The molecule has 1 aromatic heterocycles. The molecule has 1 amide bonds. The number of benzene rings is 1. The molecule has 2 saturated heterocycles. The highest BCUT2D eigenvalue weighted by molar-refractivity contribution is 6.05. The first kappa shape index (κ1) is 16.5. The van der Waals surface area contributed by atoms with Crippen molar-refractivity contribution >= 4 is 16.7 Å². The van der Waals surface area contributed by atoms with Crippen LogP contribution in [-0.2, 0) is 4.74 Å². The van der Waals surface area contributed by atoms with Crippen LogP contribution in [0.2, 0.25) is 0 Å². The van der Waals surface area contributed by atoms with Gasteiger partial charge in [-0.1, -0.05) is 24.3 Å². The maximum absolute atomic E-state index is 13.2. The zero-order valence-corrected chi connectivity index (χ0v) is 14.8. The summed E-state index contributed by atoms with van der Waals surface area (Å²) in [4.78, 5) is 22.1. The quantitative estimate of drug-likeness (QED) is 0.859. The Kier molecular flexibility index (Phi) is 4.44. The van der Waals surface area contributed by atoms with Crippen LogP contribution in [0.4, 0.5) is 0 Å². The first-order chi connectivity index (χ1) is 12.2. The predicted octanol–water partition coefficient (Wildman–Crippen LogP) is 2.56. The molecular weight excluding hydrogens is 314 g/mol. The third-order valence-electron chi connectivity index (χ3n) is 5.80. The van der Waals surface area contributed by atoms with E-state index in [1.165, 1.54) is 12.8 Å². The maximum Gasteiger partial charge on any atom is 0.273 e. The molecule has 2 aliphatic rings. The van der Waals surface area contributed by atoms with Crippen molar-refractivity contribution in [3.8, 4) is 0 Å². The van der Waals surface area contributed by atoms with E-state index in [9.17, 15) is 4.79 Å². The third-order valence-corrected chi connectivity index (χ3v) is 5.80. The number of piperidine rings is 1. The molecule has 0 radical (unpaired) electrons. The lowest BCUT2D eigenvalue weighted by molar-refractivity contribution is -0.0679. The minimum Gasteiger partial charge on any atom is -0.383 e. The molecule has 1 spiro atoms. The number of hydrogen-bond acceptors (Lipinski definition) is 4. The summed E-state index contributed by atoms with van der Waals surface area (Å²) in [5, 5.41) is 2.01. The molecule has 2 fully saturated rings. The van der Waals surface area contributed by atoms with Gasteiger partial charge in [0.05, 0.1) is 6.61 Å². The van der Waals surface area contributed by atoms with Gasteiger partial charge in [-0.3, -0.25) is 14.7 Å². The molecule has 5 nitrogen and oxygen atoms in total. The third kappa shape index (κ3) is 2.92. The molecule has 4 rings (SSSR count). The molecule has 1 aromatic carbocycles. The summed E-state index contributed by atoms with van der Waals surface area (Å²) in [6.07, 6.45) is 5.14. The second-order valence-corrected chi connectivity index (χ2v) is 7.17. The molecule has 2 aliphatic heterocycles. The van der Waals surface area contributed by atoms with E-state index in [-0.39, 0.29) is 11.4 Å². The van der Waals surface area contributed by atoms with Crippen molar-refractivity contribution in [2.75, 3.05) is 39.9 Å². The SMILES string of the molecule is COCCN1CC[C@@]12CCCN(C(=O)c1nccc3ccccc13)C2. The number of aromatic nitrogens is 1. The molecule has 0 aliphatic carbocycles. The molecule has 1 atom stereocenters. The highest BCUT2D eigenvalue weighted by Gasteiger charge is 2.47. The summed E-state index contributed by atoms with van der Waals surface area (Å²) < 4.78 is 5.24. The first-order valence-corrected chi connectivity index (χ1v) is 9.10. The minimum absolute atomic E-state index is 0.0643. The molecule has 5 heteroatoms. The molecule has 132 valence electrons. The number of likely N-dealkylation sites (tertiary alicyclic amines) is 2. The number of fused-ring (bicyclic) bond motifs is 1. The van der Waals surface area contributed by atoms with E-state index in [0.717, 1.165) is 50.0 Å². The van der Waals surface area contributed by atoms with Crippen molar-refractivity contribution in [1.82, 2.24) is 14.8 Å². The Morgan fingerprint density at radius 1 is 1.24 bits per heavy atom. The van der Waals surface area contributed by atoms with Gasteiger partial charge in [0.25, 0.3) is 5.91 Å². The number of amides is 1. The fourth-order valence-electron chi connectivity index (χ4n) is 4.32. The zero-order chi connectivity index (χ0) is 17.3. The van der Waals surface area contributed by atoms with E-state index < -0.39 is 0 Å². The first-order valence-electron chi connectivity index (χ1n) is 9.10. The van der Waals surface area contributed by atoms with E-state index in [1.54, 1.807) is 13.3 Å². The fourth-order valence-corrected chi connectivity index (χ4v) is 4.32. The van der Waals surface area contributed by atoms with E-state index in [1.807, 2.05) is 35.2 Å². The zero-order valence-electron chi connectivity index (χ0n) is 14.8. The van der Waals surface area contributed by atoms with E-state index in [0.29, 0.717) is 5.69 Å². The second kappa shape index (κ2) is 6.73. The second-order valence-electron chi connectivity index (χ2n) is 7.17. The monoisotopic (exact) mass is 339 g/mol. The van der Waals surface area contributed by atoms with Gasteiger partial charge < -0.3 is 9.64 Å². The van der Waals surface area contributed by atoms with E-state index in [2.05, 4.69) is 9.88 Å². The van der Waals surface area contributed by atoms with Crippen LogP contribution in [0.3, 0.4) is 0 Å². The number of nitrogens with zero attached hydrogens (tertiary/aromatic N) is 3. The van der Waals surface area contributed by atoms with Crippen LogP contribution < -0.4 is 0 Å². The molecule has 0 bridgehead atoms. The van der Waals surface area contributed by atoms with Crippen molar-refractivity contribution in [1.29, 1.82) is 0 Å². The van der Waals surface area contributed by atoms with E-state index >= 15 is 0 Å². The van der Waals surface area contributed by atoms with Gasteiger partial charge in [-0.25, -0.2) is 0 Å². The summed E-state index contributed by atoms with van der Waals surface area (Å²) in [5.74, 6) is 0.0643. The molecule has 0 unspecified atom stereocenters. The smallest absolute Gasteiger partial charge is 0.273 e. The number of carbonyl (C=O) groups is 1. The van der Waals surface area contributed by atoms with Crippen LogP contribution in [0.15, 0.2) is 36.5 Å². The molecular formula is C20H25N3O2. The van der Waals surface area contributed by atoms with Crippen LogP contribution in [0, 0.1) is 0 Å². The Morgan fingerprint density at radius 3 is 2.92 bits per heavy atom. The number of ether oxygens (including phenoxy) is 1. The molecule has 0 saturated carbocycles. The van der Waals surface area contributed by atoms with Gasteiger partial charge in [0.15, 0.2) is 0 Å². The lowest BCUT2D eigenvalue weighted by Crippen LogP contribution is -2.67.